The number of benzene rings is 1. The predicted octanol–water partition coefficient (Wildman–Crippen LogP) is 0.671. The van der Waals surface area contributed by atoms with Crippen molar-refractivity contribution in [3.63, 3.8) is 0 Å². The summed E-state index contributed by atoms with van der Waals surface area (Å²) in [6.45, 7) is 0.167. The van der Waals surface area contributed by atoms with Crippen molar-refractivity contribution >= 4 is 39.5 Å². The van der Waals surface area contributed by atoms with Gasteiger partial charge in [-0.3, -0.25) is 14.9 Å². The number of imide groups is 1. The number of anilines is 1. The Kier molecular flexibility index (Phi) is 7.39. The smallest absolute Gasteiger partial charge is 0.321 e. The first-order chi connectivity index (χ1) is 11.9. The van der Waals surface area contributed by atoms with Gasteiger partial charge < -0.3 is 15.5 Å². The second kappa shape index (κ2) is 9.53. The molecule has 1 aromatic carbocycles. The minimum atomic E-state index is -0.456. The number of nitrogens with one attached hydrogen (secondary N) is 4. The Balaban J connectivity index is 1.70. The molecule has 1 aliphatic carbocycles. The molecule has 0 radical (unpaired) electrons. The van der Waals surface area contributed by atoms with E-state index in [2.05, 4.69) is 31.9 Å². The Morgan fingerprint density at radius 1 is 1.12 bits per heavy atom. The van der Waals surface area contributed by atoms with Crippen LogP contribution in [0, 0.1) is 0 Å². The summed E-state index contributed by atoms with van der Waals surface area (Å²) in [5.41, 5.74) is 0.681. The molecular formula is C17H24BrN4O3+. The largest absolute Gasteiger partial charge is 0.335 e. The maximum atomic E-state index is 12.0. The molecule has 2 rings (SSSR count). The number of rotatable bonds is 6. The van der Waals surface area contributed by atoms with Crippen molar-refractivity contribution in [3.8, 4) is 0 Å². The molecule has 1 aliphatic rings. The van der Waals surface area contributed by atoms with E-state index in [0.717, 1.165) is 30.2 Å². The Morgan fingerprint density at radius 2 is 1.76 bits per heavy atom. The highest BCUT2D eigenvalue weighted by molar-refractivity contribution is 9.10. The number of halogens is 1. The van der Waals surface area contributed by atoms with Crippen molar-refractivity contribution in [2.45, 2.75) is 31.7 Å². The van der Waals surface area contributed by atoms with Gasteiger partial charge in [0.15, 0.2) is 13.1 Å². The van der Waals surface area contributed by atoms with Crippen LogP contribution in [-0.4, -0.2) is 44.0 Å². The van der Waals surface area contributed by atoms with Crippen LogP contribution in [0.2, 0.25) is 0 Å². The molecule has 0 aromatic heterocycles. The van der Waals surface area contributed by atoms with Crippen molar-refractivity contribution in [2.24, 2.45) is 0 Å². The Bertz CT molecular complexity index is 632. The number of amides is 4. The van der Waals surface area contributed by atoms with Crippen molar-refractivity contribution in [2.75, 3.05) is 25.5 Å². The minimum Gasteiger partial charge on any atom is -0.335 e. The summed E-state index contributed by atoms with van der Waals surface area (Å²) >= 11 is 3.36. The van der Waals surface area contributed by atoms with E-state index in [0.29, 0.717) is 10.6 Å². The normalized spacial score (nSPS) is 15.4. The minimum absolute atomic E-state index is 0.0431. The zero-order valence-corrected chi connectivity index (χ0v) is 15.8. The SMILES string of the molecule is C[NH+](CC(=O)NC(=O)NC1CCCC1)CC(=O)Nc1ccccc1Br. The Morgan fingerprint density at radius 3 is 2.44 bits per heavy atom. The monoisotopic (exact) mass is 411 g/mol. The maximum Gasteiger partial charge on any atom is 0.321 e. The molecule has 1 aromatic rings. The molecule has 1 atom stereocenters. The number of para-hydroxylation sites is 1. The second-order valence-corrected chi connectivity index (χ2v) is 7.20. The summed E-state index contributed by atoms with van der Waals surface area (Å²) in [6.07, 6.45) is 4.14. The van der Waals surface area contributed by atoms with E-state index in [1.54, 1.807) is 13.1 Å². The first-order valence-corrected chi connectivity index (χ1v) is 9.19. The second-order valence-electron chi connectivity index (χ2n) is 6.34. The van der Waals surface area contributed by atoms with Gasteiger partial charge in [-0.05, 0) is 40.9 Å². The van der Waals surface area contributed by atoms with Crippen LogP contribution >= 0.6 is 15.9 Å². The van der Waals surface area contributed by atoms with E-state index in [1.165, 1.54) is 0 Å². The number of carbonyl (C=O) groups is 3. The quantitative estimate of drug-likeness (QED) is 0.554. The standard InChI is InChI=1S/C17H23BrN4O3/c1-22(10-15(23)20-14-9-5-4-8-13(14)18)11-16(24)21-17(25)19-12-6-2-3-7-12/h4-5,8-9,12H,2-3,6-7,10-11H2,1H3,(H,20,23)(H2,19,21,24,25)/p+1. The number of carbonyl (C=O) groups excluding carboxylic acids is 3. The van der Waals surface area contributed by atoms with Crippen molar-refractivity contribution in [1.82, 2.24) is 10.6 Å². The summed E-state index contributed by atoms with van der Waals surface area (Å²) in [4.78, 5) is 36.4. The highest BCUT2D eigenvalue weighted by Crippen LogP contribution is 2.20. The van der Waals surface area contributed by atoms with Crippen LogP contribution in [0.5, 0.6) is 0 Å². The summed E-state index contributed by atoms with van der Waals surface area (Å²) in [7, 11) is 1.73. The molecule has 8 heteroatoms. The maximum absolute atomic E-state index is 12.0. The van der Waals surface area contributed by atoms with Crippen molar-refractivity contribution in [1.29, 1.82) is 0 Å². The number of hydrogen-bond acceptors (Lipinski definition) is 3. The van der Waals surface area contributed by atoms with E-state index < -0.39 is 11.9 Å². The topological polar surface area (TPSA) is 91.7 Å². The summed E-state index contributed by atoms with van der Waals surface area (Å²) < 4.78 is 0.794. The predicted molar refractivity (Wildman–Crippen MR) is 98.3 cm³/mol. The molecule has 7 nitrogen and oxygen atoms in total. The molecule has 0 saturated heterocycles. The molecule has 25 heavy (non-hydrogen) atoms. The van der Waals surface area contributed by atoms with Gasteiger partial charge in [0, 0.05) is 10.5 Å². The summed E-state index contributed by atoms with van der Waals surface area (Å²) in [6, 6.07) is 7.01. The first-order valence-electron chi connectivity index (χ1n) is 8.40. The van der Waals surface area contributed by atoms with Gasteiger partial charge in [0.1, 0.15) is 0 Å². The van der Waals surface area contributed by atoms with E-state index >= 15 is 0 Å². The lowest BCUT2D eigenvalue weighted by atomic mass is 10.2. The first kappa shape index (κ1) is 19.4. The van der Waals surface area contributed by atoms with Gasteiger partial charge in [0.05, 0.1) is 12.7 Å². The molecule has 4 amide bonds. The van der Waals surface area contributed by atoms with Crippen LogP contribution in [0.25, 0.3) is 0 Å². The summed E-state index contributed by atoms with van der Waals surface area (Å²) in [5.74, 6) is -0.603. The van der Waals surface area contributed by atoms with Gasteiger partial charge in [0.25, 0.3) is 11.8 Å². The number of likely N-dealkylation sites (N-methyl/N-ethyl adjacent to an activating group) is 1. The van der Waals surface area contributed by atoms with Gasteiger partial charge in [-0.2, -0.15) is 0 Å². The van der Waals surface area contributed by atoms with Gasteiger partial charge >= 0.3 is 6.03 Å². The van der Waals surface area contributed by atoms with E-state index in [4.69, 9.17) is 0 Å². The lowest BCUT2D eigenvalue weighted by Crippen LogP contribution is -3.11. The average molecular weight is 412 g/mol. The highest BCUT2D eigenvalue weighted by Gasteiger charge is 2.20. The fraction of sp³-hybridized carbons (Fsp3) is 0.471. The third-order valence-electron chi connectivity index (χ3n) is 4.02. The molecule has 136 valence electrons. The lowest BCUT2D eigenvalue weighted by Gasteiger charge is -2.15. The van der Waals surface area contributed by atoms with E-state index in [-0.39, 0.29) is 25.0 Å². The van der Waals surface area contributed by atoms with Crippen LogP contribution in [0.1, 0.15) is 25.7 Å². The Labute approximate surface area is 155 Å². The summed E-state index contributed by atoms with van der Waals surface area (Å²) in [5, 5.41) is 7.90. The van der Waals surface area contributed by atoms with Gasteiger partial charge in [-0.1, -0.05) is 25.0 Å². The third kappa shape index (κ3) is 6.83. The highest BCUT2D eigenvalue weighted by atomic mass is 79.9. The zero-order chi connectivity index (χ0) is 18.2. The third-order valence-corrected chi connectivity index (χ3v) is 4.71. The fourth-order valence-electron chi connectivity index (χ4n) is 2.83. The molecular weight excluding hydrogens is 388 g/mol. The van der Waals surface area contributed by atoms with Crippen LogP contribution in [0.15, 0.2) is 28.7 Å². The van der Waals surface area contributed by atoms with Crippen LogP contribution in [-0.2, 0) is 9.59 Å². The molecule has 0 heterocycles. The van der Waals surface area contributed by atoms with Crippen molar-refractivity contribution in [3.05, 3.63) is 28.7 Å². The Hall–Kier alpha value is -1.93. The molecule has 1 fully saturated rings. The molecule has 4 N–H and O–H groups in total. The molecule has 0 aliphatic heterocycles. The van der Waals surface area contributed by atoms with E-state index in [9.17, 15) is 14.4 Å². The number of hydrogen-bond donors (Lipinski definition) is 4. The van der Waals surface area contributed by atoms with Gasteiger partial charge in [-0.25, -0.2) is 4.79 Å². The average Bonchev–Trinajstić information content (AvgIpc) is 3.01. The molecule has 0 bridgehead atoms. The molecule has 1 saturated carbocycles. The van der Waals surface area contributed by atoms with Gasteiger partial charge in [0.2, 0.25) is 0 Å². The molecule has 1 unspecified atom stereocenters. The van der Waals surface area contributed by atoms with Crippen LogP contribution in [0.3, 0.4) is 0 Å². The zero-order valence-electron chi connectivity index (χ0n) is 14.2. The van der Waals surface area contributed by atoms with Gasteiger partial charge in [-0.15, -0.1) is 0 Å². The molecule has 0 spiro atoms. The number of urea groups is 1. The van der Waals surface area contributed by atoms with Crippen LogP contribution in [0.4, 0.5) is 10.5 Å². The van der Waals surface area contributed by atoms with E-state index in [1.807, 2.05) is 18.2 Å². The van der Waals surface area contributed by atoms with Crippen molar-refractivity contribution < 1.29 is 19.3 Å². The lowest BCUT2D eigenvalue weighted by molar-refractivity contribution is -0.862. The van der Waals surface area contributed by atoms with Crippen LogP contribution < -0.4 is 20.9 Å². The fourth-order valence-corrected chi connectivity index (χ4v) is 3.21. The number of quaternary nitrogens is 1.